The molecule has 3 unspecified atom stereocenters. The van der Waals surface area contributed by atoms with Crippen LogP contribution in [0.1, 0.15) is 34.4 Å². The molecule has 2 heterocycles. The number of hydrogen-bond donors (Lipinski definition) is 1. The summed E-state index contributed by atoms with van der Waals surface area (Å²) in [7, 11) is 0. The number of aryl methyl sites for hydroxylation is 1. The Morgan fingerprint density at radius 1 is 1.30 bits per heavy atom. The molecule has 0 spiro atoms. The number of halogens is 1. The highest BCUT2D eigenvalue weighted by Gasteiger charge is 2.38. The van der Waals surface area contributed by atoms with E-state index in [0.717, 1.165) is 11.4 Å². The van der Waals surface area contributed by atoms with Gasteiger partial charge in [0.2, 0.25) is 0 Å². The van der Waals surface area contributed by atoms with Gasteiger partial charge in [-0.25, -0.2) is 0 Å². The Hall–Kier alpha value is -1.25. The van der Waals surface area contributed by atoms with Crippen LogP contribution in [0.15, 0.2) is 41.8 Å². The summed E-state index contributed by atoms with van der Waals surface area (Å²) in [6.45, 7) is 2.21. The van der Waals surface area contributed by atoms with Crippen molar-refractivity contribution in [2.24, 2.45) is 5.92 Å². The zero-order chi connectivity index (χ0) is 13.7. The first kappa shape index (κ1) is 12.5. The van der Waals surface area contributed by atoms with Gasteiger partial charge in [-0.15, -0.1) is 11.3 Å². The number of benzene rings is 1. The Morgan fingerprint density at radius 2 is 2.20 bits per heavy atom. The number of hydrogen-bond acceptors (Lipinski definition) is 2. The standard InChI is InChI=1S/C17H16ClNS/c1-10-7-8-20-17(10)16-13-4-2-3-12(13)14-9-11(18)5-6-15(14)19-16/h2-3,5-9,12-13,16,19H,4H2,1H3. The van der Waals surface area contributed by atoms with Gasteiger partial charge in [-0.3, -0.25) is 0 Å². The second-order valence-electron chi connectivity index (χ2n) is 5.67. The smallest absolute Gasteiger partial charge is 0.0649 e. The summed E-state index contributed by atoms with van der Waals surface area (Å²) in [6.07, 6.45) is 5.82. The molecule has 1 nitrogen and oxygen atoms in total. The lowest BCUT2D eigenvalue weighted by atomic mass is 9.78. The zero-order valence-corrected chi connectivity index (χ0v) is 12.8. The molecular formula is C17H16ClNS. The summed E-state index contributed by atoms with van der Waals surface area (Å²) in [5.41, 5.74) is 3.98. The van der Waals surface area contributed by atoms with Crippen LogP contribution in [0, 0.1) is 12.8 Å². The summed E-state index contributed by atoms with van der Waals surface area (Å²) < 4.78 is 0. The number of anilines is 1. The van der Waals surface area contributed by atoms with Crippen molar-refractivity contribution in [2.75, 3.05) is 5.32 Å². The van der Waals surface area contributed by atoms with E-state index in [9.17, 15) is 0 Å². The molecule has 0 saturated heterocycles. The molecule has 102 valence electrons. The predicted octanol–water partition coefficient (Wildman–Crippen LogP) is 5.54. The molecule has 1 aromatic carbocycles. The third kappa shape index (κ3) is 1.82. The molecule has 0 amide bonds. The maximum atomic E-state index is 6.18. The average Bonchev–Trinajstić information content (AvgIpc) is 3.07. The fourth-order valence-corrected chi connectivity index (χ4v) is 4.76. The van der Waals surface area contributed by atoms with Gasteiger partial charge in [0.05, 0.1) is 6.04 Å². The lowest BCUT2D eigenvalue weighted by Gasteiger charge is -2.37. The first-order chi connectivity index (χ1) is 9.74. The molecule has 20 heavy (non-hydrogen) atoms. The highest BCUT2D eigenvalue weighted by atomic mass is 35.5. The van der Waals surface area contributed by atoms with Crippen molar-refractivity contribution in [3.8, 4) is 0 Å². The summed E-state index contributed by atoms with van der Waals surface area (Å²) in [6, 6.07) is 8.86. The van der Waals surface area contributed by atoms with Crippen molar-refractivity contribution in [3.05, 3.63) is 62.8 Å². The summed E-state index contributed by atoms with van der Waals surface area (Å²) >= 11 is 8.04. The molecule has 1 aromatic heterocycles. The van der Waals surface area contributed by atoms with Crippen molar-refractivity contribution in [2.45, 2.75) is 25.3 Å². The first-order valence-corrected chi connectivity index (χ1v) is 8.26. The minimum absolute atomic E-state index is 0.420. The van der Waals surface area contributed by atoms with Gasteiger partial charge in [-0.1, -0.05) is 23.8 Å². The summed E-state index contributed by atoms with van der Waals surface area (Å²) in [5.74, 6) is 1.11. The normalized spacial score (nSPS) is 27.0. The van der Waals surface area contributed by atoms with Crippen LogP contribution in [0.25, 0.3) is 0 Å². The van der Waals surface area contributed by atoms with Crippen LogP contribution < -0.4 is 5.32 Å². The maximum Gasteiger partial charge on any atom is 0.0649 e. The number of nitrogens with one attached hydrogen (secondary N) is 1. The Bertz CT molecular complexity index is 688. The highest BCUT2D eigenvalue weighted by Crippen LogP contribution is 2.51. The molecule has 2 aromatic rings. The summed E-state index contributed by atoms with van der Waals surface area (Å²) in [4.78, 5) is 1.48. The summed E-state index contributed by atoms with van der Waals surface area (Å²) in [5, 5.41) is 6.78. The Kier molecular flexibility index (Phi) is 2.90. The maximum absolute atomic E-state index is 6.18. The van der Waals surface area contributed by atoms with Gasteiger partial charge in [-0.2, -0.15) is 0 Å². The molecule has 1 N–H and O–H groups in total. The number of thiophene rings is 1. The van der Waals surface area contributed by atoms with Crippen molar-refractivity contribution in [3.63, 3.8) is 0 Å². The quantitative estimate of drug-likeness (QED) is 0.682. The topological polar surface area (TPSA) is 12.0 Å². The van der Waals surface area contributed by atoms with Crippen LogP contribution in [0.4, 0.5) is 5.69 Å². The van der Waals surface area contributed by atoms with Gasteiger partial charge >= 0.3 is 0 Å². The van der Waals surface area contributed by atoms with E-state index in [2.05, 4.69) is 48.0 Å². The fourth-order valence-electron chi connectivity index (χ4n) is 3.53. The molecule has 1 aliphatic heterocycles. The van der Waals surface area contributed by atoms with Crippen molar-refractivity contribution in [1.29, 1.82) is 0 Å². The second-order valence-corrected chi connectivity index (χ2v) is 7.06. The van der Waals surface area contributed by atoms with Crippen molar-refractivity contribution in [1.82, 2.24) is 0 Å². The molecule has 0 saturated carbocycles. The predicted molar refractivity (Wildman–Crippen MR) is 86.9 cm³/mol. The molecule has 0 radical (unpaired) electrons. The van der Waals surface area contributed by atoms with Crippen LogP contribution in [-0.2, 0) is 0 Å². The Balaban J connectivity index is 1.82. The van der Waals surface area contributed by atoms with Gasteiger partial charge in [0, 0.05) is 21.5 Å². The Labute approximate surface area is 128 Å². The molecule has 4 rings (SSSR count). The monoisotopic (exact) mass is 301 g/mol. The molecule has 3 heteroatoms. The molecule has 0 bridgehead atoms. The third-order valence-electron chi connectivity index (χ3n) is 4.51. The molecule has 1 aliphatic carbocycles. The lowest BCUT2D eigenvalue weighted by molar-refractivity contribution is 0.429. The van der Waals surface area contributed by atoms with E-state index in [4.69, 9.17) is 11.6 Å². The Morgan fingerprint density at radius 3 is 3.00 bits per heavy atom. The SMILES string of the molecule is Cc1ccsc1C1Nc2ccc(Cl)cc2C2C=CCC21. The molecular weight excluding hydrogens is 286 g/mol. The van der Waals surface area contributed by atoms with Crippen molar-refractivity contribution >= 4 is 28.6 Å². The molecule has 3 atom stereocenters. The van der Waals surface area contributed by atoms with E-state index in [1.165, 1.54) is 21.7 Å². The average molecular weight is 302 g/mol. The zero-order valence-electron chi connectivity index (χ0n) is 11.3. The number of rotatable bonds is 1. The van der Waals surface area contributed by atoms with E-state index >= 15 is 0 Å². The van der Waals surface area contributed by atoms with E-state index in [-0.39, 0.29) is 0 Å². The second kappa shape index (κ2) is 4.64. The van der Waals surface area contributed by atoms with E-state index in [1.807, 2.05) is 17.4 Å². The first-order valence-electron chi connectivity index (χ1n) is 7.00. The fraction of sp³-hybridized carbons (Fsp3) is 0.294. The van der Waals surface area contributed by atoms with E-state index in [0.29, 0.717) is 17.9 Å². The highest BCUT2D eigenvalue weighted by molar-refractivity contribution is 7.10. The largest absolute Gasteiger partial charge is 0.377 e. The van der Waals surface area contributed by atoms with Crippen molar-refractivity contribution < 1.29 is 0 Å². The van der Waals surface area contributed by atoms with Crippen LogP contribution in [-0.4, -0.2) is 0 Å². The van der Waals surface area contributed by atoms with Gasteiger partial charge < -0.3 is 5.32 Å². The van der Waals surface area contributed by atoms with Gasteiger partial charge in [-0.05, 0) is 60.0 Å². The lowest BCUT2D eigenvalue weighted by Crippen LogP contribution is -2.28. The van der Waals surface area contributed by atoms with E-state index in [1.54, 1.807) is 0 Å². The van der Waals surface area contributed by atoms with Gasteiger partial charge in [0.15, 0.2) is 0 Å². The van der Waals surface area contributed by atoms with Crippen LogP contribution >= 0.6 is 22.9 Å². The molecule has 2 aliphatic rings. The third-order valence-corrected chi connectivity index (χ3v) is 5.85. The molecule has 0 fully saturated rings. The number of allylic oxidation sites excluding steroid dienone is 2. The van der Waals surface area contributed by atoms with Gasteiger partial charge in [0.1, 0.15) is 0 Å². The van der Waals surface area contributed by atoms with Crippen LogP contribution in [0.5, 0.6) is 0 Å². The van der Waals surface area contributed by atoms with E-state index < -0.39 is 0 Å². The van der Waals surface area contributed by atoms with Crippen LogP contribution in [0.3, 0.4) is 0 Å². The van der Waals surface area contributed by atoms with Gasteiger partial charge in [0.25, 0.3) is 0 Å². The minimum atomic E-state index is 0.420. The minimum Gasteiger partial charge on any atom is -0.377 e. The number of fused-ring (bicyclic) bond motifs is 3. The van der Waals surface area contributed by atoms with Crippen LogP contribution in [0.2, 0.25) is 5.02 Å².